The van der Waals surface area contributed by atoms with Crippen LogP contribution in [0.5, 0.6) is 0 Å². The van der Waals surface area contributed by atoms with Crippen molar-refractivity contribution in [3.63, 3.8) is 0 Å². The summed E-state index contributed by atoms with van der Waals surface area (Å²) in [6.45, 7) is 19.7. The van der Waals surface area contributed by atoms with E-state index in [4.69, 9.17) is 4.74 Å². The number of hydrogen-bond donors (Lipinski definition) is 0. The maximum atomic E-state index is 6.53. The minimum absolute atomic E-state index is 0.0350. The van der Waals surface area contributed by atoms with E-state index < -0.39 is 0 Å². The summed E-state index contributed by atoms with van der Waals surface area (Å²) >= 11 is 0. The first-order valence-electron chi connectivity index (χ1n) is 9.21. The first-order valence-corrected chi connectivity index (χ1v) is 9.21. The van der Waals surface area contributed by atoms with Gasteiger partial charge in [0.1, 0.15) is 0 Å². The van der Waals surface area contributed by atoms with E-state index in [1.807, 2.05) is 0 Å². The summed E-state index contributed by atoms with van der Waals surface area (Å²) in [6.07, 6.45) is 6.70. The second kappa shape index (κ2) is 7.49. The lowest BCUT2D eigenvalue weighted by atomic mass is 9.73. The summed E-state index contributed by atoms with van der Waals surface area (Å²) < 4.78 is 6.53. The maximum Gasteiger partial charge on any atom is 0.0654 e. The van der Waals surface area contributed by atoms with Gasteiger partial charge in [0.25, 0.3) is 0 Å². The smallest absolute Gasteiger partial charge is 0.0654 e. The van der Waals surface area contributed by atoms with Crippen LogP contribution in [0.3, 0.4) is 0 Å². The van der Waals surface area contributed by atoms with Crippen LogP contribution in [0.25, 0.3) is 0 Å². The molecule has 1 nitrogen and oxygen atoms in total. The summed E-state index contributed by atoms with van der Waals surface area (Å²) in [5, 5.41) is 0. The van der Waals surface area contributed by atoms with Crippen molar-refractivity contribution in [1.82, 2.24) is 0 Å². The van der Waals surface area contributed by atoms with Crippen LogP contribution in [-0.2, 0) is 4.74 Å². The van der Waals surface area contributed by atoms with E-state index >= 15 is 0 Å². The molecule has 0 aromatic rings. The molecule has 21 heavy (non-hydrogen) atoms. The molecule has 0 radical (unpaired) electrons. The van der Waals surface area contributed by atoms with Gasteiger partial charge in [0, 0.05) is 0 Å². The molecule has 1 unspecified atom stereocenters. The van der Waals surface area contributed by atoms with Crippen molar-refractivity contribution in [3.05, 3.63) is 0 Å². The van der Waals surface area contributed by atoms with Crippen LogP contribution in [0.4, 0.5) is 0 Å². The summed E-state index contributed by atoms with van der Waals surface area (Å²) in [5.41, 5.74) is 0.334. The lowest BCUT2D eigenvalue weighted by molar-refractivity contribution is -0.114. The van der Waals surface area contributed by atoms with E-state index in [0.717, 1.165) is 24.4 Å². The van der Waals surface area contributed by atoms with Gasteiger partial charge in [-0.1, -0.05) is 54.4 Å². The van der Waals surface area contributed by atoms with Gasteiger partial charge in [-0.15, -0.1) is 0 Å². The Bertz CT molecular complexity index is 297. The van der Waals surface area contributed by atoms with E-state index in [1.165, 1.54) is 32.1 Å². The average molecular weight is 297 g/mol. The highest BCUT2D eigenvalue weighted by molar-refractivity contribution is 4.86. The van der Waals surface area contributed by atoms with Crippen LogP contribution in [0.2, 0.25) is 0 Å². The highest BCUT2D eigenvalue weighted by Crippen LogP contribution is 2.40. The van der Waals surface area contributed by atoms with E-state index in [9.17, 15) is 0 Å². The topological polar surface area (TPSA) is 9.23 Å². The molecule has 0 amide bonds. The molecule has 1 fully saturated rings. The highest BCUT2D eigenvalue weighted by Gasteiger charge is 2.37. The third-order valence-electron chi connectivity index (χ3n) is 6.04. The summed E-state index contributed by atoms with van der Waals surface area (Å²) in [7, 11) is 0. The lowest BCUT2D eigenvalue weighted by Gasteiger charge is -2.43. The predicted molar refractivity (Wildman–Crippen MR) is 93.6 cm³/mol. The fourth-order valence-corrected chi connectivity index (χ4v) is 3.82. The summed E-state index contributed by atoms with van der Waals surface area (Å²) in [5.74, 6) is 3.06. The van der Waals surface area contributed by atoms with Crippen LogP contribution in [0.15, 0.2) is 0 Å². The molecule has 1 aliphatic rings. The molecule has 1 atom stereocenters. The van der Waals surface area contributed by atoms with E-state index in [0.29, 0.717) is 11.3 Å². The second-order valence-electron chi connectivity index (χ2n) is 9.26. The van der Waals surface area contributed by atoms with E-state index in [2.05, 4.69) is 55.4 Å². The quantitative estimate of drug-likeness (QED) is 0.534. The molecule has 1 aliphatic carbocycles. The Kier molecular flexibility index (Phi) is 6.78. The van der Waals surface area contributed by atoms with Gasteiger partial charge in [0.05, 0.1) is 12.2 Å². The minimum atomic E-state index is 0.0350. The van der Waals surface area contributed by atoms with Gasteiger partial charge in [-0.05, 0) is 62.2 Å². The SMILES string of the molecule is CC(C)CC(C)(COC(C)(C)C1CCC(C)CC1)C(C)C. The Hall–Kier alpha value is -0.0400. The molecule has 0 N–H and O–H groups in total. The van der Waals surface area contributed by atoms with Crippen molar-refractivity contribution in [3.8, 4) is 0 Å². The molecule has 1 rings (SSSR count). The van der Waals surface area contributed by atoms with Gasteiger partial charge in [0.15, 0.2) is 0 Å². The first kappa shape index (κ1) is 19.0. The van der Waals surface area contributed by atoms with Crippen LogP contribution in [-0.4, -0.2) is 12.2 Å². The molecule has 1 saturated carbocycles. The maximum absolute atomic E-state index is 6.53. The van der Waals surface area contributed by atoms with E-state index in [-0.39, 0.29) is 5.60 Å². The van der Waals surface area contributed by atoms with Crippen LogP contribution >= 0.6 is 0 Å². The second-order valence-corrected chi connectivity index (χ2v) is 9.26. The molecular weight excluding hydrogens is 256 g/mol. The van der Waals surface area contributed by atoms with E-state index in [1.54, 1.807) is 0 Å². The zero-order valence-corrected chi connectivity index (χ0v) is 16.0. The van der Waals surface area contributed by atoms with Gasteiger partial charge in [-0.2, -0.15) is 0 Å². The van der Waals surface area contributed by atoms with Crippen molar-refractivity contribution in [2.75, 3.05) is 6.61 Å². The predicted octanol–water partition coefficient (Wildman–Crippen LogP) is 6.32. The zero-order chi connectivity index (χ0) is 16.3. The Morgan fingerprint density at radius 3 is 1.90 bits per heavy atom. The monoisotopic (exact) mass is 296 g/mol. The molecule has 1 heteroatoms. The molecule has 0 spiro atoms. The van der Waals surface area contributed by atoms with Crippen molar-refractivity contribution in [2.24, 2.45) is 29.1 Å². The van der Waals surface area contributed by atoms with Crippen molar-refractivity contribution >= 4 is 0 Å². The van der Waals surface area contributed by atoms with Gasteiger partial charge in [-0.3, -0.25) is 0 Å². The zero-order valence-electron chi connectivity index (χ0n) is 16.0. The summed E-state index contributed by atoms with van der Waals surface area (Å²) in [4.78, 5) is 0. The molecule has 0 aliphatic heterocycles. The number of rotatable bonds is 7. The molecule has 0 heterocycles. The third kappa shape index (κ3) is 5.58. The van der Waals surface area contributed by atoms with Crippen molar-refractivity contribution < 1.29 is 4.74 Å². The fourth-order valence-electron chi connectivity index (χ4n) is 3.82. The molecule has 126 valence electrons. The standard InChI is InChI=1S/C20H40O/c1-15(2)13-20(8,16(3)4)14-21-19(6,7)18-11-9-17(5)10-12-18/h15-18H,9-14H2,1-8H3. The van der Waals surface area contributed by atoms with Gasteiger partial charge in [-0.25, -0.2) is 0 Å². The molecule has 0 saturated heterocycles. The van der Waals surface area contributed by atoms with Crippen molar-refractivity contribution in [1.29, 1.82) is 0 Å². The summed E-state index contributed by atoms with van der Waals surface area (Å²) in [6, 6.07) is 0. The normalized spacial score (nSPS) is 27.1. The van der Waals surface area contributed by atoms with Crippen molar-refractivity contribution in [2.45, 2.75) is 93.1 Å². The Morgan fingerprint density at radius 2 is 1.48 bits per heavy atom. The van der Waals surface area contributed by atoms with Crippen LogP contribution in [0, 0.1) is 29.1 Å². The molecule has 0 aromatic heterocycles. The number of ether oxygens (including phenoxy) is 1. The Balaban J connectivity index is 2.61. The Morgan fingerprint density at radius 1 is 0.952 bits per heavy atom. The average Bonchev–Trinajstić information content (AvgIpc) is 2.36. The molecule has 0 aromatic carbocycles. The van der Waals surface area contributed by atoms with Crippen LogP contribution < -0.4 is 0 Å². The lowest BCUT2D eigenvalue weighted by Crippen LogP contribution is -2.41. The molecular formula is C20H40O. The Labute approximate surface area is 134 Å². The number of hydrogen-bond acceptors (Lipinski definition) is 1. The van der Waals surface area contributed by atoms with Gasteiger partial charge in [0.2, 0.25) is 0 Å². The molecule has 0 bridgehead atoms. The largest absolute Gasteiger partial charge is 0.375 e. The highest BCUT2D eigenvalue weighted by atomic mass is 16.5. The van der Waals surface area contributed by atoms with Gasteiger partial charge >= 0.3 is 0 Å². The van der Waals surface area contributed by atoms with Gasteiger partial charge < -0.3 is 4.74 Å². The first-order chi connectivity index (χ1) is 9.57. The van der Waals surface area contributed by atoms with Crippen LogP contribution in [0.1, 0.15) is 87.5 Å². The minimum Gasteiger partial charge on any atom is -0.375 e. The fraction of sp³-hybridized carbons (Fsp3) is 1.00. The third-order valence-corrected chi connectivity index (χ3v) is 6.04.